The van der Waals surface area contributed by atoms with E-state index < -0.39 is 0 Å². The molecule has 1 aromatic carbocycles. The van der Waals surface area contributed by atoms with Crippen LogP contribution in [0.15, 0.2) is 24.3 Å². The van der Waals surface area contributed by atoms with Crippen LogP contribution in [0, 0.1) is 5.92 Å². The molecule has 0 spiro atoms. The van der Waals surface area contributed by atoms with E-state index in [4.69, 9.17) is 11.6 Å². The molecule has 0 saturated carbocycles. The molecule has 1 saturated heterocycles. The Morgan fingerprint density at radius 2 is 1.81 bits per heavy atom. The van der Waals surface area contributed by atoms with E-state index in [1.54, 1.807) is 0 Å². The van der Waals surface area contributed by atoms with Crippen molar-refractivity contribution < 1.29 is 9.69 Å². The molecule has 1 atom stereocenters. The molecule has 0 bridgehead atoms. The van der Waals surface area contributed by atoms with E-state index in [9.17, 15) is 4.79 Å². The lowest BCUT2D eigenvalue weighted by molar-refractivity contribution is -0.884. The highest BCUT2D eigenvalue weighted by atomic mass is 35.5. The first kappa shape index (κ1) is 16.3. The smallest absolute Gasteiger partial charge is 0.242 e. The van der Waals surface area contributed by atoms with E-state index in [1.807, 2.05) is 29.3 Å². The molecule has 2 N–H and O–H groups in total. The first-order valence-electron chi connectivity index (χ1n) is 7.59. The van der Waals surface area contributed by atoms with E-state index >= 15 is 0 Å². The van der Waals surface area contributed by atoms with Gasteiger partial charge in [0.1, 0.15) is 0 Å². The number of hydrogen-bond donors (Lipinski definition) is 2. The van der Waals surface area contributed by atoms with Crippen molar-refractivity contribution in [2.24, 2.45) is 5.92 Å². The average molecular weight is 311 g/mol. The molecule has 1 fully saturated rings. The minimum atomic E-state index is -0.144. The number of carbonyl (C=O) groups is 1. The molecule has 1 aliphatic rings. The first-order valence-corrected chi connectivity index (χ1v) is 7.97. The highest BCUT2D eigenvalue weighted by molar-refractivity contribution is 6.30. The Labute approximate surface area is 132 Å². The minimum absolute atomic E-state index is 0.0758. The van der Waals surface area contributed by atoms with Gasteiger partial charge in [-0.25, -0.2) is 5.01 Å². The normalized spacial score (nSPS) is 18.7. The topological polar surface area (TPSA) is 36.8 Å². The standard InChI is InChI=1S/C16H24ClN3O/c1-12(2)15(13-4-6-14(17)7-5-13)16(21)18-20-10-8-19(3)9-11-20/h4-7,12,15H,8-11H2,1-3H3,(H,18,21)/p+1/t15-/m0/s1. The molecule has 4 nitrogen and oxygen atoms in total. The van der Waals surface area contributed by atoms with Gasteiger partial charge in [-0.1, -0.05) is 37.6 Å². The number of quaternary nitrogens is 1. The van der Waals surface area contributed by atoms with Crippen LogP contribution in [0.25, 0.3) is 0 Å². The third-order valence-electron chi connectivity index (χ3n) is 4.06. The van der Waals surface area contributed by atoms with Crippen LogP contribution < -0.4 is 10.3 Å². The van der Waals surface area contributed by atoms with Crippen LogP contribution >= 0.6 is 11.6 Å². The number of nitrogens with one attached hydrogen (secondary N) is 2. The lowest BCUT2D eigenvalue weighted by Gasteiger charge is -2.32. The number of benzene rings is 1. The summed E-state index contributed by atoms with van der Waals surface area (Å²) in [4.78, 5) is 14.1. The molecule has 2 rings (SSSR count). The maximum Gasteiger partial charge on any atom is 0.242 e. The van der Waals surface area contributed by atoms with Gasteiger partial charge in [-0.15, -0.1) is 0 Å². The van der Waals surface area contributed by atoms with Gasteiger partial charge >= 0.3 is 0 Å². The SMILES string of the molecule is CC(C)[C@H](C(=O)NN1CC[NH+](C)CC1)c1ccc(Cl)cc1. The van der Waals surface area contributed by atoms with Gasteiger partial charge in [0.05, 0.1) is 39.1 Å². The van der Waals surface area contributed by atoms with Crippen LogP contribution in [0.2, 0.25) is 5.02 Å². The molecule has 1 amide bonds. The summed E-state index contributed by atoms with van der Waals surface area (Å²) in [6.07, 6.45) is 0. The molecular formula is C16H25ClN3O+. The van der Waals surface area contributed by atoms with E-state index in [1.165, 1.54) is 4.90 Å². The van der Waals surface area contributed by atoms with Crippen molar-refractivity contribution in [2.75, 3.05) is 33.2 Å². The summed E-state index contributed by atoms with van der Waals surface area (Å²) in [5.74, 6) is 0.172. The van der Waals surface area contributed by atoms with Gasteiger partial charge in [0.2, 0.25) is 5.91 Å². The van der Waals surface area contributed by atoms with Crippen LogP contribution in [0.5, 0.6) is 0 Å². The number of halogens is 1. The van der Waals surface area contributed by atoms with Crippen molar-refractivity contribution in [2.45, 2.75) is 19.8 Å². The van der Waals surface area contributed by atoms with Crippen molar-refractivity contribution in [3.63, 3.8) is 0 Å². The van der Waals surface area contributed by atoms with E-state index in [0.717, 1.165) is 31.7 Å². The highest BCUT2D eigenvalue weighted by Gasteiger charge is 2.27. The van der Waals surface area contributed by atoms with Crippen molar-refractivity contribution in [3.05, 3.63) is 34.9 Å². The summed E-state index contributed by atoms with van der Waals surface area (Å²) >= 11 is 5.93. The fourth-order valence-corrected chi connectivity index (χ4v) is 2.86. The minimum Gasteiger partial charge on any atom is -0.335 e. The lowest BCUT2D eigenvalue weighted by Crippen LogP contribution is -3.12. The van der Waals surface area contributed by atoms with Crippen LogP contribution in [-0.4, -0.2) is 44.1 Å². The second-order valence-corrected chi connectivity index (χ2v) is 6.63. The van der Waals surface area contributed by atoms with Crippen molar-refractivity contribution >= 4 is 17.5 Å². The molecule has 0 aliphatic carbocycles. The highest BCUT2D eigenvalue weighted by Crippen LogP contribution is 2.26. The van der Waals surface area contributed by atoms with Crippen molar-refractivity contribution in [1.29, 1.82) is 0 Å². The molecule has 0 unspecified atom stereocenters. The van der Waals surface area contributed by atoms with Crippen LogP contribution in [0.1, 0.15) is 25.3 Å². The predicted octanol–water partition coefficient (Wildman–Crippen LogP) is 0.941. The zero-order valence-electron chi connectivity index (χ0n) is 13.0. The maximum absolute atomic E-state index is 12.6. The second kappa shape index (κ2) is 7.25. The van der Waals surface area contributed by atoms with Gasteiger partial charge in [0.15, 0.2) is 0 Å². The number of nitrogens with zero attached hydrogens (tertiary/aromatic N) is 1. The lowest BCUT2D eigenvalue weighted by atomic mass is 9.88. The third-order valence-corrected chi connectivity index (χ3v) is 4.32. The Kier molecular flexibility index (Phi) is 5.62. The van der Waals surface area contributed by atoms with Gasteiger partial charge in [0, 0.05) is 5.02 Å². The number of piperazine rings is 1. The molecule has 1 aliphatic heterocycles. The number of hydrazine groups is 1. The molecule has 1 heterocycles. The quantitative estimate of drug-likeness (QED) is 0.868. The van der Waals surface area contributed by atoms with Gasteiger partial charge in [0.25, 0.3) is 0 Å². The van der Waals surface area contributed by atoms with Crippen LogP contribution in [-0.2, 0) is 4.79 Å². The summed E-state index contributed by atoms with van der Waals surface area (Å²) in [5.41, 5.74) is 4.10. The van der Waals surface area contributed by atoms with E-state index in [0.29, 0.717) is 5.02 Å². The van der Waals surface area contributed by atoms with E-state index in [2.05, 4.69) is 26.3 Å². The van der Waals surface area contributed by atoms with Crippen LogP contribution in [0.4, 0.5) is 0 Å². The summed E-state index contributed by atoms with van der Waals surface area (Å²) in [6.45, 7) is 8.09. The zero-order chi connectivity index (χ0) is 15.4. The predicted molar refractivity (Wildman–Crippen MR) is 85.4 cm³/mol. The number of likely N-dealkylation sites (N-methyl/N-ethyl adjacent to an activating group) is 1. The summed E-state index contributed by atoms with van der Waals surface area (Å²) < 4.78 is 0. The molecule has 0 radical (unpaired) electrons. The number of amides is 1. The van der Waals surface area contributed by atoms with Gasteiger partial charge < -0.3 is 4.90 Å². The molecule has 116 valence electrons. The van der Waals surface area contributed by atoms with E-state index in [-0.39, 0.29) is 17.7 Å². The molecule has 1 aromatic rings. The molecule has 5 heteroatoms. The number of carbonyl (C=O) groups excluding carboxylic acids is 1. The van der Waals surface area contributed by atoms with Gasteiger partial charge in [-0.05, 0) is 23.6 Å². The monoisotopic (exact) mass is 310 g/mol. The largest absolute Gasteiger partial charge is 0.335 e. The number of rotatable bonds is 4. The maximum atomic E-state index is 12.6. The zero-order valence-corrected chi connectivity index (χ0v) is 13.8. The average Bonchev–Trinajstić information content (AvgIpc) is 2.43. The number of hydrogen-bond acceptors (Lipinski definition) is 2. The van der Waals surface area contributed by atoms with Crippen LogP contribution in [0.3, 0.4) is 0 Å². The summed E-state index contributed by atoms with van der Waals surface area (Å²) in [5, 5.41) is 2.74. The first-order chi connectivity index (χ1) is 9.97. The molecule has 0 aromatic heterocycles. The van der Waals surface area contributed by atoms with Gasteiger partial charge in [-0.3, -0.25) is 10.2 Å². The van der Waals surface area contributed by atoms with Gasteiger partial charge in [-0.2, -0.15) is 0 Å². The second-order valence-electron chi connectivity index (χ2n) is 6.19. The summed E-state index contributed by atoms with van der Waals surface area (Å²) in [7, 11) is 2.18. The fraction of sp³-hybridized carbons (Fsp3) is 0.562. The molecule has 21 heavy (non-hydrogen) atoms. The van der Waals surface area contributed by atoms with Crippen molar-refractivity contribution in [3.8, 4) is 0 Å². The fourth-order valence-electron chi connectivity index (χ4n) is 2.73. The summed E-state index contributed by atoms with van der Waals surface area (Å²) in [6, 6.07) is 7.58. The Morgan fingerprint density at radius 1 is 1.24 bits per heavy atom. The Hall–Kier alpha value is -1.10. The van der Waals surface area contributed by atoms with Crippen molar-refractivity contribution in [1.82, 2.24) is 10.4 Å². The third kappa shape index (κ3) is 4.43. The Balaban J connectivity index is 2.04. The Morgan fingerprint density at radius 3 is 2.33 bits per heavy atom. The molecular weight excluding hydrogens is 286 g/mol. The Bertz CT molecular complexity index is 467.